The van der Waals surface area contributed by atoms with Crippen molar-refractivity contribution in [1.82, 2.24) is 10.4 Å². The molecule has 2 amide bonds. The average molecular weight is 408 g/mol. The van der Waals surface area contributed by atoms with Gasteiger partial charge in [-0.2, -0.15) is 0 Å². The van der Waals surface area contributed by atoms with Crippen molar-refractivity contribution in [1.29, 1.82) is 0 Å². The quantitative estimate of drug-likeness (QED) is 0.352. The molecule has 0 spiro atoms. The lowest BCUT2D eigenvalue weighted by Crippen LogP contribution is -2.48. The Bertz CT molecular complexity index is 894. The summed E-state index contributed by atoms with van der Waals surface area (Å²) >= 11 is 0. The van der Waals surface area contributed by atoms with Gasteiger partial charge in [-0.25, -0.2) is 5.06 Å². The van der Waals surface area contributed by atoms with Crippen molar-refractivity contribution in [2.75, 3.05) is 20.8 Å². The zero-order chi connectivity index (χ0) is 21.9. The maximum atomic E-state index is 13.0. The van der Waals surface area contributed by atoms with Crippen LogP contribution in [0.15, 0.2) is 67.8 Å². The largest absolute Gasteiger partial charge is 0.373 e. The third-order valence-electron chi connectivity index (χ3n) is 4.57. The van der Waals surface area contributed by atoms with Crippen molar-refractivity contribution in [2.45, 2.75) is 19.1 Å². The Morgan fingerprint density at radius 1 is 1.17 bits per heavy atom. The van der Waals surface area contributed by atoms with E-state index in [0.29, 0.717) is 18.6 Å². The molecule has 158 valence electrons. The van der Waals surface area contributed by atoms with E-state index in [-0.39, 0.29) is 18.4 Å². The molecule has 30 heavy (non-hydrogen) atoms. The van der Waals surface area contributed by atoms with Gasteiger partial charge in [-0.05, 0) is 22.8 Å². The Labute approximate surface area is 177 Å². The van der Waals surface area contributed by atoms with Crippen LogP contribution in [0.25, 0.3) is 6.08 Å². The lowest BCUT2D eigenvalue weighted by atomic mass is 10.0. The van der Waals surface area contributed by atoms with E-state index >= 15 is 0 Å². The fourth-order valence-electron chi connectivity index (χ4n) is 2.95. The molecule has 0 saturated heterocycles. The minimum absolute atomic E-state index is 0.271. The van der Waals surface area contributed by atoms with Crippen LogP contribution in [0.4, 0.5) is 0 Å². The maximum absolute atomic E-state index is 13.0. The number of rotatable bonds is 11. The number of nitrogens with one attached hydrogen (secondary N) is 1. The second-order valence-electron chi connectivity index (χ2n) is 6.66. The summed E-state index contributed by atoms with van der Waals surface area (Å²) < 4.78 is 5.49. The third kappa shape index (κ3) is 6.40. The number of likely N-dealkylation sites (N-methyl/N-ethyl adjacent to an activating group) is 1. The SMILES string of the molecule is C=CCOCc1ccccc1C(=O)N[C@@H](Cc1cccc(C=C)c1)C(=O)N(C)OC. The Kier molecular flexibility index (Phi) is 9.00. The maximum Gasteiger partial charge on any atom is 0.268 e. The molecule has 0 saturated carbocycles. The van der Waals surface area contributed by atoms with Gasteiger partial charge in [0, 0.05) is 19.0 Å². The number of benzene rings is 2. The van der Waals surface area contributed by atoms with Gasteiger partial charge < -0.3 is 10.1 Å². The zero-order valence-corrected chi connectivity index (χ0v) is 17.5. The van der Waals surface area contributed by atoms with Crippen LogP contribution in [-0.4, -0.2) is 43.7 Å². The lowest BCUT2D eigenvalue weighted by molar-refractivity contribution is -0.170. The predicted molar refractivity (Wildman–Crippen MR) is 118 cm³/mol. The zero-order valence-electron chi connectivity index (χ0n) is 17.5. The first-order valence-electron chi connectivity index (χ1n) is 9.60. The van der Waals surface area contributed by atoms with Crippen LogP contribution >= 0.6 is 0 Å². The molecule has 1 N–H and O–H groups in total. The van der Waals surface area contributed by atoms with E-state index in [1.807, 2.05) is 36.4 Å². The third-order valence-corrected chi connectivity index (χ3v) is 4.57. The molecule has 0 aliphatic carbocycles. The first-order chi connectivity index (χ1) is 14.5. The molecule has 0 aliphatic rings. The van der Waals surface area contributed by atoms with Gasteiger partial charge in [-0.15, -0.1) is 6.58 Å². The van der Waals surface area contributed by atoms with E-state index in [1.165, 1.54) is 14.2 Å². The minimum Gasteiger partial charge on any atom is -0.373 e. The summed E-state index contributed by atoms with van der Waals surface area (Å²) in [6.07, 6.45) is 3.70. The van der Waals surface area contributed by atoms with Crippen molar-refractivity contribution in [3.05, 3.63) is 90.0 Å². The van der Waals surface area contributed by atoms with Crippen LogP contribution in [0.1, 0.15) is 27.0 Å². The van der Waals surface area contributed by atoms with Gasteiger partial charge in [-0.3, -0.25) is 14.4 Å². The van der Waals surface area contributed by atoms with Gasteiger partial charge in [0.05, 0.1) is 20.3 Å². The highest BCUT2D eigenvalue weighted by molar-refractivity contribution is 5.98. The summed E-state index contributed by atoms with van der Waals surface area (Å²) in [4.78, 5) is 30.9. The highest BCUT2D eigenvalue weighted by Gasteiger charge is 2.26. The van der Waals surface area contributed by atoms with Crippen LogP contribution in [0.3, 0.4) is 0 Å². The van der Waals surface area contributed by atoms with Crippen LogP contribution in [-0.2, 0) is 27.4 Å². The molecule has 0 radical (unpaired) electrons. The van der Waals surface area contributed by atoms with Crippen molar-refractivity contribution in [3.63, 3.8) is 0 Å². The molecular weight excluding hydrogens is 380 g/mol. The molecule has 0 bridgehead atoms. The van der Waals surface area contributed by atoms with E-state index in [4.69, 9.17) is 9.57 Å². The van der Waals surface area contributed by atoms with Crippen molar-refractivity contribution >= 4 is 17.9 Å². The molecule has 0 heterocycles. The number of hydrogen-bond acceptors (Lipinski definition) is 4. The van der Waals surface area contributed by atoms with Crippen molar-refractivity contribution in [2.24, 2.45) is 0 Å². The monoisotopic (exact) mass is 408 g/mol. The molecule has 0 aliphatic heterocycles. The summed E-state index contributed by atoms with van der Waals surface area (Å²) in [6, 6.07) is 14.0. The number of hydrogen-bond donors (Lipinski definition) is 1. The predicted octanol–water partition coefficient (Wildman–Crippen LogP) is 3.39. The van der Waals surface area contributed by atoms with E-state index in [2.05, 4.69) is 18.5 Å². The molecule has 6 heteroatoms. The molecule has 0 fully saturated rings. The fourth-order valence-corrected chi connectivity index (χ4v) is 2.95. The van der Waals surface area contributed by atoms with E-state index < -0.39 is 6.04 Å². The van der Waals surface area contributed by atoms with Gasteiger partial charge in [0.2, 0.25) is 0 Å². The van der Waals surface area contributed by atoms with Crippen LogP contribution < -0.4 is 5.32 Å². The minimum atomic E-state index is -0.801. The second-order valence-corrected chi connectivity index (χ2v) is 6.66. The first-order valence-corrected chi connectivity index (χ1v) is 9.60. The van der Waals surface area contributed by atoms with Crippen molar-refractivity contribution < 1.29 is 19.2 Å². The highest BCUT2D eigenvalue weighted by atomic mass is 16.7. The normalized spacial score (nSPS) is 11.4. The number of carbonyl (C=O) groups is 2. The summed E-state index contributed by atoms with van der Waals surface area (Å²) in [6.45, 7) is 8.05. The van der Waals surface area contributed by atoms with E-state index in [9.17, 15) is 9.59 Å². The van der Waals surface area contributed by atoms with Crippen molar-refractivity contribution in [3.8, 4) is 0 Å². The smallest absolute Gasteiger partial charge is 0.268 e. The molecule has 1 atom stereocenters. The Morgan fingerprint density at radius 3 is 2.63 bits per heavy atom. The molecular formula is C24H28N2O4. The molecule has 0 aromatic heterocycles. The highest BCUT2D eigenvalue weighted by Crippen LogP contribution is 2.14. The summed E-state index contributed by atoms with van der Waals surface area (Å²) in [5, 5.41) is 3.97. The van der Waals surface area contributed by atoms with Crippen LogP contribution in [0, 0.1) is 0 Å². The molecule has 2 aromatic rings. The molecule has 2 aromatic carbocycles. The summed E-state index contributed by atoms with van der Waals surface area (Å²) in [7, 11) is 2.92. The standard InChI is InChI=1S/C24H28N2O4/c1-5-14-30-17-20-12-7-8-13-21(20)23(27)25-22(24(28)26(3)29-4)16-19-11-9-10-18(6-2)15-19/h5-13,15,22H,1-2,14,16-17H2,3-4H3,(H,25,27)/t22-/m0/s1. The number of ether oxygens (including phenoxy) is 1. The van der Waals surface area contributed by atoms with Gasteiger partial charge in [-0.1, -0.05) is 61.2 Å². The van der Waals surface area contributed by atoms with Gasteiger partial charge >= 0.3 is 0 Å². The second kappa shape index (κ2) is 11.7. The summed E-state index contributed by atoms with van der Waals surface area (Å²) in [5.41, 5.74) is 3.03. The molecule has 0 unspecified atom stereocenters. The average Bonchev–Trinajstić information content (AvgIpc) is 2.78. The molecule has 2 rings (SSSR count). The number of nitrogens with zero attached hydrogens (tertiary/aromatic N) is 1. The Morgan fingerprint density at radius 2 is 1.93 bits per heavy atom. The van der Waals surface area contributed by atoms with Gasteiger partial charge in [0.25, 0.3) is 11.8 Å². The number of amides is 2. The first kappa shape index (κ1) is 23.1. The van der Waals surface area contributed by atoms with E-state index in [0.717, 1.165) is 21.8 Å². The lowest BCUT2D eigenvalue weighted by Gasteiger charge is -2.23. The van der Waals surface area contributed by atoms with Gasteiger partial charge in [0.15, 0.2) is 0 Å². The van der Waals surface area contributed by atoms with Crippen LogP contribution in [0.5, 0.6) is 0 Å². The van der Waals surface area contributed by atoms with Gasteiger partial charge in [0.1, 0.15) is 6.04 Å². The van der Waals surface area contributed by atoms with E-state index in [1.54, 1.807) is 24.3 Å². The Balaban J connectivity index is 2.25. The topological polar surface area (TPSA) is 67.9 Å². The number of hydroxylamine groups is 2. The Hall–Kier alpha value is -3.22. The fraction of sp³-hybridized carbons (Fsp3) is 0.250. The number of carbonyl (C=O) groups excluding carboxylic acids is 2. The molecule has 6 nitrogen and oxygen atoms in total. The van der Waals surface area contributed by atoms with Crippen LogP contribution in [0.2, 0.25) is 0 Å². The summed E-state index contributed by atoms with van der Waals surface area (Å²) in [5.74, 6) is -0.703.